The zero-order valence-electron chi connectivity index (χ0n) is 6.15. The van der Waals surface area contributed by atoms with Crippen LogP contribution in [0.1, 0.15) is 10.4 Å². The number of pyridine rings is 1. The fraction of sp³-hybridized carbons (Fsp3) is 0. The average molecular weight is 185 g/mol. The summed E-state index contributed by atoms with van der Waals surface area (Å²) in [7, 11) is -1.07. The molecule has 1 rings (SSSR count). The van der Waals surface area contributed by atoms with Crippen LogP contribution in [-0.4, -0.2) is 10.9 Å². The van der Waals surface area contributed by atoms with E-state index < -0.39 is 14.5 Å². The van der Waals surface area contributed by atoms with Gasteiger partial charge in [-0.2, -0.15) is 0 Å². The van der Waals surface area contributed by atoms with E-state index in [1.807, 2.05) is 0 Å². The molecule has 6 heteroatoms. The normalized spacial score (nSPS) is 10.3. The molecule has 1 amide bonds. The molecule has 1 heterocycles. The predicted molar refractivity (Wildman–Crippen MR) is 46.8 cm³/mol. The molecule has 0 saturated heterocycles. The number of nitrogens with zero attached hydrogens (tertiary/aromatic N) is 1. The molecule has 3 N–H and O–H groups in total. The summed E-state index contributed by atoms with van der Waals surface area (Å²) in [5.41, 5.74) is 5.32. The molecule has 0 saturated carbocycles. The highest BCUT2D eigenvalue weighted by molar-refractivity contribution is 7.25. The van der Waals surface area contributed by atoms with Gasteiger partial charge in [-0.05, 0) is 12.1 Å². The Morgan fingerprint density at radius 3 is 2.75 bits per heavy atom. The number of carbonyl (C=O) groups is 1. The lowest BCUT2D eigenvalue weighted by Gasteiger charge is -1.97. The zero-order chi connectivity index (χ0) is 8.97. The zero-order valence-corrected chi connectivity index (χ0v) is 7.31. The summed E-state index contributed by atoms with van der Waals surface area (Å²) in [6, 6.07) is 3.07. The Bertz CT molecular complexity index is 298. The monoisotopic (exact) mass is 185 g/mol. The molecular weight excluding hydrogens is 177 g/mol. The molecule has 0 aliphatic heterocycles. The van der Waals surface area contributed by atoms with Crippen LogP contribution in [0.3, 0.4) is 0 Å². The van der Waals surface area contributed by atoms with Gasteiger partial charge in [0.1, 0.15) is 14.4 Å². The van der Waals surface area contributed by atoms with Gasteiger partial charge in [-0.25, -0.2) is 4.98 Å². The fourth-order valence-electron chi connectivity index (χ4n) is 0.685. The van der Waals surface area contributed by atoms with Crippen molar-refractivity contribution < 1.29 is 9.36 Å². The number of hydrogen-bond acceptors (Lipinski definition) is 3. The van der Waals surface area contributed by atoms with E-state index in [0.717, 1.165) is 0 Å². The van der Waals surface area contributed by atoms with Crippen molar-refractivity contribution in [2.24, 2.45) is 5.73 Å². The largest absolute Gasteiger partial charge is 0.366 e. The lowest BCUT2D eigenvalue weighted by atomic mass is 10.3. The first-order valence-electron chi connectivity index (χ1n) is 3.20. The summed E-state index contributed by atoms with van der Waals surface area (Å²) in [6.45, 7) is 0. The molecule has 0 aliphatic rings. The minimum Gasteiger partial charge on any atom is -0.366 e. The van der Waals surface area contributed by atoms with Crippen LogP contribution in [0.15, 0.2) is 18.3 Å². The van der Waals surface area contributed by atoms with E-state index in [-0.39, 0.29) is 0 Å². The van der Waals surface area contributed by atoms with Gasteiger partial charge in [0.25, 0.3) is 0 Å². The molecule has 1 aromatic rings. The maximum Gasteiger partial charge on any atom is 0.250 e. The molecule has 1 atom stereocenters. The van der Waals surface area contributed by atoms with Crippen LogP contribution in [-0.2, 0) is 4.57 Å². The van der Waals surface area contributed by atoms with E-state index in [1.54, 1.807) is 6.07 Å². The van der Waals surface area contributed by atoms with Gasteiger partial charge in [0, 0.05) is 6.20 Å². The minimum absolute atomic E-state index is 0.335. The maximum atomic E-state index is 10.6. The number of primary amides is 1. The van der Waals surface area contributed by atoms with Crippen molar-refractivity contribution in [3.63, 3.8) is 0 Å². The SMILES string of the molecule is NC(=O)c1ccc(N[PH2]=O)nc1. The second-order valence-electron chi connectivity index (χ2n) is 2.06. The van der Waals surface area contributed by atoms with Gasteiger partial charge < -0.3 is 15.4 Å². The van der Waals surface area contributed by atoms with Crippen molar-refractivity contribution >= 4 is 20.3 Å². The van der Waals surface area contributed by atoms with Crippen molar-refractivity contribution in [3.8, 4) is 0 Å². The Labute approximate surface area is 70.2 Å². The van der Waals surface area contributed by atoms with Gasteiger partial charge in [-0.3, -0.25) is 4.79 Å². The molecule has 5 nitrogen and oxygen atoms in total. The molecule has 64 valence electrons. The molecule has 0 aliphatic carbocycles. The molecule has 0 aromatic carbocycles. The van der Waals surface area contributed by atoms with Gasteiger partial charge in [-0.1, -0.05) is 0 Å². The number of nitrogens with two attached hydrogens (primary N) is 1. The Morgan fingerprint density at radius 2 is 2.33 bits per heavy atom. The third-order valence-corrected chi connectivity index (χ3v) is 1.67. The first-order chi connectivity index (χ1) is 5.74. The van der Waals surface area contributed by atoms with Crippen LogP contribution < -0.4 is 10.8 Å². The van der Waals surface area contributed by atoms with Gasteiger partial charge >= 0.3 is 0 Å². The first-order valence-corrected chi connectivity index (χ1v) is 4.25. The van der Waals surface area contributed by atoms with Gasteiger partial charge in [0.15, 0.2) is 0 Å². The standard InChI is InChI=1S/C6H8N3O2P/c7-6(10)4-1-2-5(8-3-4)9-12-11/h1-3H,12H2,(H2,7,10)(H,8,9,11). The number of amides is 1. The predicted octanol–water partition coefficient (Wildman–Crippen LogP) is 0.264. The number of hydrogen-bond donors (Lipinski definition) is 2. The fourth-order valence-corrected chi connectivity index (χ4v) is 0.977. The third-order valence-electron chi connectivity index (χ3n) is 1.25. The Kier molecular flexibility index (Phi) is 2.82. The second kappa shape index (κ2) is 3.88. The highest BCUT2D eigenvalue weighted by Crippen LogP contribution is 2.07. The van der Waals surface area contributed by atoms with Crippen molar-refractivity contribution in [2.45, 2.75) is 0 Å². The lowest BCUT2D eigenvalue weighted by Crippen LogP contribution is -2.10. The summed E-state index contributed by atoms with van der Waals surface area (Å²) in [5, 5.41) is 2.54. The van der Waals surface area contributed by atoms with Crippen LogP contribution in [0.5, 0.6) is 0 Å². The number of rotatable bonds is 3. The van der Waals surface area contributed by atoms with E-state index in [4.69, 9.17) is 5.73 Å². The number of nitrogens with one attached hydrogen (secondary N) is 1. The number of carbonyl (C=O) groups excluding carboxylic acids is 1. The molecule has 12 heavy (non-hydrogen) atoms. The Morgan fingerprint density at radius 1 is 1.58 bits per heavy atom. The van der Waals surface area contributed by atoms with E-state index >= 15 is 0 Å². The third kappa shape index (κ3) is 2.07. The van der Waals surface area contributed by atoms with Crippen molar-refractivity contribution in [1.82, 2.24) is 4.98 Å². The average Bonchev–Trinajstić information content (AvgIpc) is 2.06. The summed E-state index contributed by atoms with van der Waals surface area (Å²) in [4.78, 5) is 14.4. The summed E-state index contributed by atoms with van der Waals surface area (Å²) >= 11 is 0. The van der Waals surface area contributed by atoms with Crippen molar-refractivity contribution in [1.29, 1.82) is 0 Å². The Hall–Kier alpha value is -1.35. The highest BCUT2D eigenvalue weighted by Gasteiger charge is 1.99. The number of aromatic nitrogens is 1. The van der Waals surface area contributed by atoms with E-state index in [9.17, 15) is 9.36 Å². The molecule has 0 spiro atoms. The summed E-state index contributed by atoms with van der Waals surface area (Å²) < 4.78 is 10.2. The quantitative estimate of drug-likeness (QED) is 0.661. The number of anilines is 1. The van der Waals surface area contributed by atoms with Crippen LogP contribution in [0, 0.1) is 0 Å². The molecule has 0 radical (unpaired) electrons. The molecule has 1 aromatic heterocycles. The maximum absolute atomic E-state index is 10.6. The van der Waals surface area contributed by atoms with Crippen LogP contribution in [0.2, 0.25) is 0 Å². The molecule has 0 bridgehead atoms. The topological polar surface area (TPSA) is 85.1 Å². The minimum atomic E-state index is -1.07. The van der Waals surface area contributed by atoms with Crippen LogP contribution >= 0.6 is 8.61 Å². The van der Waals surface area contributed by atoms with Crippen LogP contribution in [0.4, 0.5) is 5.82 Å². The van der Waals surface area contributed by atoms with E-state index in [2.05, 4.69) is 10.1 Å². The van der Waals surface area contributed by atoms with Gasteiger partial charge in [-0.15, -0.1) is 0 Å². The first kappa shape index (κ1) is 8.74. The molecule has 1 unspecified atom stereocenters. The van der Waals surface area contributed by atoms with Crippen molar-refractivity contribution in [3.05, 3.63) is 23.9 Å². The van der Waals surface area contributed by atoms with Gasteiger partial charge in [0.05, 0.1) is 5.56 Å². The molecular formula is C6H8N3O2P. The summed E-state index contributed by atoms with van der Waals surface area (Å²) in [6.07, 6.45) is 1.33. The van der Waals surface area contributed by atoms with Crippen molar-refractivity contribution in [2.75, 3.05) is 5.09 Å². The Balaban J connectivity index is 2.85. The van der Waals surface area contributed by atoms with E-state index in [1.165, 1.54) is 12.3 Å². The van der Waals surface area contributed by atoms with E-state index in [0.29, 0.717) is 11.4 Å². The molecule has 0 fully saturated rings. The summed E-state index contributed by atoms with van der Waals surface area (Å²) in [5.74, 6) is -0.0477. The highest BCUT2D eigenvalue weighted by atomic mass is 31.1. The lowest BCUT2D eigenvalue weighted by molar-refractivity contribution is 0.1000. The van der Waals surface area contributed by atoms with Gasteiger partial charge in [0.2, 0.25) is 5.91 Å². The van der Waals surface area contributed by atoms with Crippen LogP contribution in [0.25, 0.3) is 0 Å². The smallest absolute Gasteiger partial charge is 0.250 e. The second-order valence-corrected chi connectivity index (χ2v) is 2.58.